The number of carbonyl (C=O) groups excluding carboxylic acids is 4. The van der Waals surface area contributed by atoms with Crippen LogP contribution in [0.1, 0.15) is 37.6 Å². The van der Waals surface area contributed by atoms with Crippen molar-refractivity contribution in [3.63, 3.8) is 0 Å². The van der Waals surface area contributed by atoms with Crippen LogP contribution >= 0.6 is 0 Å². The Labute approximate surface area is 220 Å². The van der Waals surface area contributed by atoms with Crippen molar-refractivity contribution < 1.29 is 33.0 Å². The van der Waals surface area contributed by atoms with Crippen LogP contribution in [0, 0.1) is 11.7 Å². The quantitative estimate of drug-likeness (QED) is 0.420. The Morgan fingerprint density at radius 3 is 2.50 bits per heavy atom. The van der Waals surface area contributed by atoms with E-state index in [1.165, 1.54) is 24.3 Å². The summed E-state index contributed by atoms with van der Waals surface area (Å²) < 4.78 is 24.3. The third kappa shape index (κ3) is 8.19. The Bertz CT molecular complexity index is 1140. The molecular formula is C27H33FN4O6. The number of fused-ring (bicyclic) bond motifs is 1. The molecule has 1 aliphatic rings. The second-order valence-electron chi connectivity index (χ2n) is 9.33. The van der Waals surface area contributed by atoms with Gasteiger partial charge in [0.1, 0.15) is 42.6 Å². The van der Waals surface area contributed by atoms with Gasteiger partial charge in [-0.25, -0.2) is 4.39 Å². The first kappa shape index (κ1) is 28.4. The topological polar surface area (TPSA) is 135 Å². The number of halogens is 1. The molecule has 4 N–H and O–H groups in total. The highest BCUT2D eigenvalue weighted by Crippen LogP contribution is 2.19. The van der Waals surface area contributed by atoms with E-state index in [0.717, 1.165) is 0 Å². The largest absolute Gasteiger partial charge is 0.492 e. The number of benzene rings is 2. The van der Waals surface area contributed by atoms with Gasteiger partial charge < -0.3 is 30.7 Å². The fourth-order valence-electron chi connectivity index (χ4n) is 3.76. The van der Waals surface area contributed by atoms with Crippen molar-refractivity contribution in [1.82, 2.24) is 21.3 Å². The summed E-state index contributed by atoms with van der Waals surface area (Å²) in [6.07, 6.45) is -0.397. The maximum absolute atomic E-state index is 13.1. The fourth-order valence-corrected chi connectivity index (χ4v) is 3.76. The molecule has 0 radical (unpaired) electrons. The van der Waals surface area contributed by atoms with Crippen molar-refractivity contribution in [1.29, 1.82) is 0 Å². The van der Waals surface area contributed by atoms with E-state index in [2.05, 4.69) is 21.3 Å². The lowest BCUT2D eigenvalue weighted by Gasteiger charge is -2.26. The minimum atomic E-state index is -1.24. The van der Waals surface area contributed by atoms with Crippen molar-refractivity contribution >= 4 is 23.6 Å². The van der Waals surface area contributed by atoms with Crippen molar-refractivity contribution in [2.45, 2.75) is 45.3 Å². The van der Waals surface area contributed by atoms with Gasteiger partial charge in [0.05, 0.1) is 24.6 Å². The third-order valence-corrected chi connectivity index (χ3v) is 5.77. The van der Waals surface area contributed by atoms with Gasteiger partial charge in [-0.15, -0.1) is 0 Å². The molecule has 0 unspecified atom stereocenters. The molecule has 2 aromatic rings. The van der Waals surface area contributed by atoms with Gasteiger partial charge >= 0.3 is 0 Å². The summed E-state index contributed by atoms with van der Waals surface area (Å²) in [5.74, 6) is -2.08. The average molecular weight is 529 g/mol. The summed E-state index contributed by atoms with van der Waals surface area (Å²) in [6.45, 7) is 5.57. The first-order valence-electron chi connectivity index (χ1n) is 12.4. The van der Waals surface area contributed by atoms with Crippen molar-refractivity contribution in [2.24, 2.45) is 5.92 Å². The number of ether oxygens (including phenoxy) is 2. The van der Waals surface area contributed by atoms with Crippen LogP contribution in [0.15, 0.2) is 48.5 Å². The molecule has 2 aromatic carbocycles. The highest BCUT2D eigenvalue weighted by atomic mass is 19.1. The van der Waals surface area contributed by atoms with Gasteiger partial charge in [-0.2, -0.15) is 0 Å². The van der Waals surface area contributed by atoms with Gasteiger partial charge in [0.15, 0.2) is 0 Å². The van der Waals surface area contributed by atoms with E-state index in [1.807, 2.05) is 0 Å². The average Bonchev–Trinajstić information content (AvgIpc) is 2.88. The molecule has 0 saturated carbocycles. The Hall–Kier alpha value is -4.15. The lowest BCUT2D eigenvalue weighted by molar-refractivity contribution is -0.132. The molecule has 0 bridgehead atoms. The number of rotatable bonds is 6. The van der Waals surface area contributed by atoms with Crippen molar-refractivity contribution in [3.8, 4) is 11.5 Å². The molecule has 3 atom stereocenters. The number of carbonyl (C=O) groups is 4. The second kappa shape index (κ2) is 13.4. The normalized spacial score (nSPS) is 20.7. The number of amides is 4. The van der Waals surface area contributed by atoms with E-state index in [9.17, 15) is 23.6 Å². The van der Waals surface area contributed by atoms with Crippen LogP contribution in [-0.2, 0) is 14.4 Å². The zero-order valence-electron chi connectivity index (χ0n) is 21.6. The van der Waals surface area contributed by atoms with E-state index >= 15 is 0 Å². The van der Waals surface area contributed by atoms with Crippen LogP contribution < -0.4 is 30.7 Å². The zero-order chi connectivity index (χ0) is 27.7. The molecule has 0 fully saturated rings. The first-order valence-corrected chi connectivity index (χ1v) is 12.4. The van der Waals surface area contributed by atoms with E-state index in [-0.39, 0.29) is 42.9 Å². The number of para-hydroxylation sites is 1. The lowest BCUT2D eigenvalue weighted by Crippen LogP contribution is -2.55. The molecular weight excluding hydrogens is 495 g/mol. The SMILES string of the molecule is CC(C)[C@@H]1NC(=O)C[C@@H](C(=O)NCCOc2ccc(F)cc2)NC(=O)c2ccccc2OC[C@@H](C)NC1=O. The van der Waals surface area contributed by atoms with E-state index in [1.54, 1.807) is 45.0 Å². The summed E-state index contributed by atoms with van der Waals surface area (Å²) in [5, 5.41) is 10.7. The Balaban J connectivity index is 1.75. The molecule has 0 saturated heterocycles. The minimum Gasteiger partial charge on any atom is -0.492 e. The molecule has 1 aliphatic heterocycles. The smallest absolute Gasteiger partial charge is 0.255 e. The molecule has 38 heavy (non-hydrogen) atoms. The van der Waals surface area contributed by atoms with E-state index < -0.39 is 48.1 Å². The molecule has 4 amide bonds. The van der Waals surface area contributed by atoms with Gasteiger partial charge in [-0.1, -0.05) is 26.0 Å². The molecule has 0 aliphatic carbocycles. The van der Waals surface area contributed by atoms with Gasteiger partial charge in [0, 0.05) is 0 Å². The van der Waals surface area contributed by atoms with Gasteiger partial charge in [-0.05, 0) is 49.2 Å². The monoisotopic (exact) mass is 528 g/mol. The maximum Gasteiger partial charge on any atom is 0.255 e. The van der Waals surface area contributed by atoms with Gasteiger partial charge in [-0.3, -0.25) is 19.2 Å². The number of hydrogen-bond acceptors (Lipinski definition) is 6. The molecule has 10 nitrogen and oxygen atoms in total. The van der Waals surface area contributed by atoms with Gasteiger partial charge in [0.2, 0.25) is 17.7 Å². The summed E-state index contributed by atoms with van der Waals surface area (Å²) >= 11 is 0. The summed E-state index contributed by atoms with van der Waals surface area (Å²) in [4.78, 5) is 51.9. The highest BCUT2D eigenvalue weighted by molar-refractivity contribution is 6.01. The van der Waals surface area contributed by atoms with Crippen LogP contribution in [0.25, 0.3) is 0 Å². The standard InChI is InChI=1S/C27H33FN4O6/c1-16(2)24-27(36)30-17(3)15-38-22-7-5-4-6-20(22)25(34)31-21(14-23(33)32-24)26(35)29-12-13-37-19-10-8-18(28)9-11-19/h4-11,16-17,21,24H,12-15H2,1-3H3,(H,29,35)(H,30,36)(H,31,34)(H,32,33)/t17-,21+,24+/m1/s1. The number of nitrogens with one attached hydrogen (secondary N) is 4. The minimum absolute atomic E-state index is 0.0683. The van der Waals surface area contributed by atoms with Crippen LogP contribution in [0.3, 0.4) is 0 Å². The predicted molar refractivity (Wildman–Crippen MR) is 137 cm³/mol. The van der Waals surface area contributed by atoms with Crippen molar-refractivity contribution in [3.05, 3.63) is 59.9 Å². The van der Waals surface area contributed by atoms with Crippen molar-refractivity contribution in [2.75, 3.05) is 19.8 Å². The fraction of sp³-hybridized carbons (Fsp3) is 0.407. The molecule has 11 heteroatoms. The maximum atomic E-state index is 13.1. The van der Waals surface area contributed by atoms with Crippen LogP contribution in [-0.4, -0.2) is 61.5 Å². The van der Waals surface area contributed by atoms with E-state index in [4.69, 9.17) is 9.47 Å². The Morgan fingerprint density at radius 2 is 1.79 bits per heavy atom. The Kier molecular flexibility index (Phi) is 10.0. The second-order valence-corrected chi connectivity index (χ2v) is 9.33. The van der Waals surface area contributed by atoms with E-state index in [0.29, 0.717) is 5.75 Å². The molecule has 0 spiro atoms. The van der Waals surface area contributed by atoms with Crippen LogP contribution in [0.2, 0.25) is 0 Å². The third-order valence-electron chi connectivity index (χ3n) is 5.77. The number of hydrogen-bond donors (Lipinski definition) is 4. The molecule has 0 aromatic heterocycles. The predicted octanol–water partition coefficient (Wildman–Crippen LogP) is 1.55. The zero-order valence-corrected chi connectivity index (χ0v) is 21.6. The van der Waals surface area contributed by atoms with Gasteiger partial charge in [0.25, 0.3) is 5.91 Å². The first-order chi connectivity index (χ1) is 18.1. The Morgan fingerprint density at radius 1 is 1.08 bits per heavy atom. The summed E-state index contributed by atoms with van der Waals surface area (Å²) in [7, 11) is 0. The highest BCUT2D eigenvalue weighted by Gasteiger charge is 2.30. The molecule has 204 valence electrons. The van der Waals surface area contributed by atoms with Crippen LogP contribution in [0.5, 0.6) is 11.5 Å². The van der Waals surface area contributed by atoms with Crippen LogP contribution in [0.4, 0.5) is 4.39 Å². The molecule has 1 heterocycles. The summed E-state index contributed by atoms with van der Waals surface area (Å²) in [5.41, 5.74) is 0.181. The summed E-state index contributed by atoms with van der Waals surface area (Å²) in [6, 6.07) is 9.46. The molecule has 3 rings (SSSR count). The lowest BCUT2D eigenvalue weighted by atomic mass is 10.0.